The first-order valence-corrected chi connectivity index (χ1v) is 16.4. The molecule has 49 heavy (non-hydrogen) atoms. The molecule has 1 aliphatic rings. The highest BCUT2D eigenvalue weighted by Crippen LogP contribution is 2.33. The molecule has 2 atom stereocenters. The van der Waals surface area contributed by atoms with Gasteiger partial charge in [-0.05, 0) is 67.3 Å². The van der Waals surface area contributed by atoms with E-state index in [4.69, 9.17) is 0 Å². The summed E-state index contributed by atoms with van der Waals surface area (Å²) in [6, 6.07) is 8.37. The molecule has 1 aliphatic carbocycles. The summed E-state index contributed by atoms with van der Waals surface area (Å²) >= 11 is 0. The molecule has 2 aromatic carbocycles. The molecule has 3 rings (SSSR count). The number of carboxylic acids is 3. The minimum Gasteiger partial charge on any atom is -0.480 e. The number of nitrogens with one attached hydrogen (secondary N) is 3. The van der Waals surface area contributed by atoms with Crippen LogP contribution in [0, 0.1) is 5.92 Å². The van der Waals surface area contributed by atoms with Crippen LogP contribution in [-0.2, 0) is 41.6 Å². The van der Waals surface area contributed by atoms with Gasteiger partial charge in [0.1, 0.15) is 12.1 Å². The van der Waals surface area contributed by atoms with Crippen LogP contribution in [0.15, 0.2) is 42.5 Å². The number of para-hydroxylation sites is 1. The largest absolute Gasteiger partial charge is 0.480 e. The van der Waals surface area contributed by atoms with Crippen molar-refractivity contribution in [3.63, 3.8) is 0 Å². The maximum atomic E-state index is 13.1. The SMILES string of the molecule is CCc1cc(CC(NC(C)=O)C(=O)NCCCCC(=O)N[C@H](C(=O)O)C2CCCCC2)ccc1N(C(=O)C(=O)O)c1ccccc1C(=O)O. The van der Waals surface area contributed by atoms with E-state index in [1.165, 1.54) is 37.3 Å². The topological polar surface area (TPSA) is 220 Å². The van der Waals surface area contributed by atoms with E-state index in [9.17, 15) is 48.9 Å². The number of hydrogen-bond acceptors (Lipinski definition) is 7. The fourth-order valence-electron chi connectivity index (χ4n) is 6.09. The number of benzene rings is 2. The van der Waals surface area contributed by atoms with Gasteiger partial charge < -0.3 is 31.3 Å². The molecule has 4 amide bonds. The van der Waals surface area contributed by atoms with E-state index >= 15 is 0 Å². The molecule has 0 spiro atoms. The van der Waals surface area contributed by atoms with Crippen LogP contribution in [0.2, 0.25) is 0 Å². The number of anilines is 2. The fourth-order valence-corrected chi connectivity index (χ4v) is 6.09. The number of aryl methyl sites for hydroxylation is 1. The summed E-state index contributed by atoms with van der Waals surface area (Å²) in [6.07, 6.45) is 5.83. The second kappa shape index (κ2) is 18.3. The number of carboxylic acid groups (broad SMARTS) is 3. The van der Waals surface area contributed by atoms with Crippen molar-refractivity contribution in [1.29, 1.82) is 0 Å². The van der Waals surface area contributed by atoms with Crippen molar-refractivity contribution in [2.24, 2.45) is 5.92 Å². The lowest BCUT2D eigenvalue weighted by Gasteiger charge is -2.28. The van der Waals surface area contributed by atoms with Crippen LogP contribution in [0.5, 0.6) is 0 Å². The number of amides is 4. The van der Waals surface area contributed by atoms with Crippen molar-refractivity contribution in [2.45, 2.75) is 90.1 Å². The highest BCUT2D eigenvalue weighted by atomic mass is 16.4. The Morgan fingerprint density at radius 1 is 0.878 bits per heavy atom. The smallest absolute Gasteiger partial charge is 0.395 e. The Kier molecular flexibility index (Phi) is 14.3. The lowest BCUT2D eigenvalue weighted by Crippen LogP contribution is -2.47. The first-order chi connectivity index (χ1) is 23.3. The number of aromatic carboxylic acids is 1. The number of rotatable bonds is 16. The first kappa shape index (κ1) is 38.2. The molecule has 0 heterocycles. The summed E-state index contributed by atoms with van der Waals surface area (Å²) in [4.78, 5) is 86.7. The van der Waals surface area contributed by atoms with Gasteiger partial charge in [-0.3, -0.25) is 24.1 Å². The molecule has 1 fully saturated rings. The second-order valence-electron chi connectivity index (χ2n) is 12.1. The Balaban J connectivity index is 1.66. The van der Waals surface area contributed by atoms with Gasteiger partial charge in [0.2, 0.25) is 17.7 Å². The molecule has 264 valence electrons. The van der Waals surface area contributed by atoms with Gasteiger partial charge in [-0.15, -0.1) is 0 Å². The zero-order chi connectivity index (χ0) is 36.1. The standard InChI is InChI=1S/C35H44N4O10/c1-3-23-19-22(16-17-27(23)39(32(43)35(48)49)28-14-8-7-13-25(28)33(44)45)20-26(37-21(2)40)31(42)36-18-10-9-15-29(41)38-30(34(46)47)24-11-5-4-6-12-24/h7-8,13-14,16-17,19,24,26,30H,3-6,9-12,15,18,20H2,1-2H3,(H,36,42)(H,37,40)(H,38,41)(H,44,45)(H,46,47)(H,48,49)/t26?,30-/m0/s1. The first-order valence-electron chi connectivity index (χ1n) is 16.4. The summed E-state index contributed by atoms with van der Waals surface area (Å²) in [5.74, 6) is -6.86. The molecule has 0 aromatic heterocycles. The van der Waals surface area contributed by atoms with E-state index in [1.54, 1.807) is 19.1 Å². The average molecular weight is 681 g/mol. The normalized spacial score (nSPS) is 14.2. The summed E-state index contributed by atoms with van der Waals surface area (Å²) in [5.41, 5.74) is 0.858. The molecule has 0 saturated heterocycles. The van der Waals surface area contributed by atoms with Crippen LogP contribution < -0.4 is 20.9 Å². The van der Waals surface area contributed by atoms with Gasteiger partial charge in [0.05, 0.1) is 16.9 Å². The molecular formula is C35H44N4O10. The molecule has 0 aliphatic heterocycles. The van der Waals surface area contributed by atoms with Crippen molar-refractivity contribution in [3.8, 4) is 0 Å². The van der Waals surface area contributed by atoms with E-state index in [1.807, 2.05) is 0 Å². The van der Waals surface area contributed by atoms with Gasteiger partial charge in [0, 0.05) is 26.3 Å². The summed E-state index contributed by atoms with van der Waals surface area (Å²) in [6.45, 7) is 3.25. The van der Waals surface area contributed by atoms with Crippen LogP contribution in [0.4, 0.5) is 11.4 Å². The zero-order valence-electron chi connectivity index (χ0n) is 27.7. The maximum Gasteiger partial charge on any atom is 0.395 e. The van der Waals surface area contributed by atoms with Gasteiger partial charge >= 0.3 is 23.8 Å². The van der Waals surface area contributed by atoms with E-state index in [2.05, 4.69) is 16.0 Å². The number of carbonyl (C=O) groups excluding carboxylic acids is 4. The molecule has 0 bridgehead atoms. The Bertz CT molecular complexity index is 1550. The highest BCUT2D eigenvalue weighted by molar-refractivity contribution is 6.39. The predicted octanol–water partition coefficient (Wildman–Crippen LogP) is 3.18. The van der Waals surface area contributed by atoms with E-state index in [-0.39, 0.29) is 48.1 Å². The minimum absolute atomic E-state index is 0.0530. The molecule has 14 heteroatoms. The third-order valence-electron chi connectivity index (χ3n) is 8.49. The lowest BCUT2D eigenvalue weighted by atomic mass is 9.84. The Labute approximate surface area is 284 Å². The molecular weight excluding hydrogens is 636 g/mol. The fraction of sp³-hybridized carbons (Fsp3) is 0.457. The van der Waals surface area contributed by atoms with Crippen molar-refractivity contribution in [3.05, 3.63) is 59.2 Å². The number of unbranched alkanes of at least 4 members (excludes halogenated alkanes) is 1. The van der Waals surface area contributed by atoms with Crippen molar-refractivity contribution in [1.82, 2.24) is 16.0 Å². The number of nitrogens with zero attached hydrogens (tertiary/aromatic N) is 1. The lowest BCUT2D eigenvalue weighted by molar-refractivity contribution is -0.148. The molecule has 0 radical (unpaired) electrons. The van der Waals surface area contributed by atoms with Gasteiger partial charge in [0.15, 0.2) is 0 Å². The molecule has 14 nitrogen and oxygen atoms in total. The number of carbonyl (C=O) groups is 7. The third-order valence-corrected chi connectivity index (χ3v) is 8.49. The van der Waals surface area contributed by atoms with Crippen LogP contribution in [-0.4, -0.2) is 75.5 Å². The zero-order valence-corrected chi connectivity index (χ0v) is 27.7. The third kappa shape index (κ3) is 10.9. The van der Waals surface area contributed by atoms with Crippen molar-refractivity contribution >= 4 is 52.9 Å². The van der Waals surface area contributed by atoms with Crippen molar-refractivity contribution < 1.29 is 48.9 Å². The summed E-state index contributed by atoms with van der Waals surface area (Å²) in [7, 11) is 0. The van der Waals surface area contributed by atoms with Crippen LogP contribution >= 0.6 is 0 Å². The van der Waals surface area contributed by atoms with Gasteiger partial charge in [-0.1, -0.05) is 50.5 Å². The molecule has 6 N–H and O–H groups in total. The van der Waals surface area contributed by atoms with Gasteiger partial charge in [-0.25, -0.2) is 14.4 Å². The quantitative estimate of drug-likeness (QED) is 0.112. The second-order valence-corrected chi connectivity index (χ2v) is 12.1. The van der Waals surface area contributed by atoms with Crippen molar-refractivity contribution in [2.75, 3.05) is 11.4 Å². The monoisotopic (exact) mass is 680 g/mol. The Morgan fingerprint density at radius 2 is 1.57 bits per heavy atom. The summed E-state index contributed by atoms with van der Waals surface area (Å²) < 4.78 is 0. The number of aliphatic carboxylic acids is 2. The molecule has 1 saturated carbocycles. The van der Waals surface area contributed by atoms with Crippen LogP contribution in [0.1, 0.15) is 86.7 Å². The maximum absolute atomic E-state index is 13.1. The summed E-state index contributed by atoms with van der Waals surface area (Å²) in [5, 5.41) is 36.9. The average Bonchev–Trinajstić information content (AvgIpc) is 3.07. The van der Waals surface area contributed by atoms with E-state index < -0.39 is 47.7 Å². The van der Waals surface area contributed by atoms with E-state index in [0.29, 0.717) is 30.4 Å². The van der Waals surface area contributed by atoms with E-state index in [0.717, 1.165) is 37.0 Å². The van der Waals surface area contributed by atoms with Crippen LogP contribution in [0.3, 0.4) is 0 Å². The highest BCUT2D eigenvalue weighted by Gasteiger charge is 2.31. The molecule has 1 unspecified atom stereocenters. The van der Waals surface area contributed by atoms with Gasteiger partial charge in [-0.2, -0.15) is 0 Å². The van der Waals surface area contributed by atoms with Crippen LogP contribution in [0.25, 0.3) is 0 Å². The minimum atomic E-state index is -1.78. The Hall–Kier alpha value is -5.27. The predicted molar refractivity (Wildman–Crippen MR) is 178 cm³/mol. The van der Waals surface area contributed by atoms with Gasteiger partial charge in [0.25, 0.3) is 0 Å². The Morgan fingerprint density at radius 3 is 2.18 bits per heavy atom. The number of hydrogen-bond donors (Lipinski definition) is 6. The molecule has 2 aromatic rings.